The molecule has 0 unspecified atom stereocenters. The SMILES string of the molecule is CC(=O)c1cccc(S(=O)(=O)NNC(=O)CSc2ccc(Cl)cc2)c1. The van der Waals surface area contributed by atoms with E-state index in [1.807, 2.05) is 4.83 Å². The molecule has 0 aliphatic heterocycles. The number of nitrogens with one attached hydrogen (secondary N) is 2. The Morgan fingerprint density at radius 2 is 1.80 bits per heavy atom. The van der Waals surface area contributed by atoms with Crippen LogP contribution >= 0.6 is 23.4 Å². The van der Waals surface area contributed by atoms with E-state index in [9.17, 15) is 18.0 Å². The third-order valence-electron chi connectivity index (χ3n) is 3.06. The summed E-state index contributed by atoms with van der Waals surface area (Å²) in [6, 6.07) is 12.5. The predicted molar refractivity (Wildman–Crippen MR) is 97.1 cm³/mol. The van der Waals surface area contributed by atoms with Crippen molar-refractivity contribution in [3.05, 3.63) is 59.1 Å². The van der Waals surface area contributed by atoms with Crippen molar-refractivity contribution in [3.63, 3.8) is 0 Å². The smallest absolute Gasteiger partial charge is 0.257 e. The Labute approximate surface area is 155 Å². The molecule has 2 rings (SSSR count). The topological polar surface area (TPSA) is 92.3 Å². The molecule has 2 N–H and O–H groups in total. The van der Waals surface area contributed by atoms with E-state index in [2.05, 4.69) is 5.43 Å². The normalized spacial score (nSPS) is 11.1. The zero-order chi connectivity index (χ0) is 18.4. The van der Waals surface area contributed by atoms with Crippen LogP contribution in [0.2, 0.25) is 5.02 Å². The van der Waals surface area contributed by atoms with Gasteiger partial charge in [0.2, 0.25) is 5.91 Å². The molecule has 0 saturated heterocycles. The number of carbonyl (C=O) groups is 2. The van der Waals surface area contributed by atoms with Gasteiger partial charge in [-0.25, -0.2) is 8.42 Å². The molecule has 2 aromatic carbocycles. The molecule has 2 aromatic rings. The number of halogens is 1. The summed E-state index contributed by atoms with van der Waals surface area (Å²) < 4.78 is 24.3. The summed E-state index contributed by atoms with van der Waals surface area (Å²) in [6.45, 7) is 1.34. The molecule has 0 radical (unpaired) electrons. The lowest BCUT2D eigenvalue weighted by Gasteiger charge is -2.09. The number of amides is 1. The highest BCUT2D eigenvalue weighted by molar-refractivity contribution is 8.00. The lowest BCUT2D eigenvalue weighted by atomic mass is 10.2. The largest absolute Gasteiger partial charge is 0.295 e. The number of thioether (sulfide) groups is 1. The van der Waals surface area contributed by atoms with Crippen LogP contribution in [0.3, 0.4) is 0 Å². The van der Waals surface area contributed by atoms with E-state index in [0.717, 1.165) is 4.90 Å². The maximum atomic E-state index is 12.2. The van der Waals surface area contributed by atoms with E-state index in [-0.39, 0.29) is 22.0 Å². The summed E-state index contributed by atoms with van der Waals surface area (Å²) >= 11 is 7.02. The molecule has 25 heavy (non-hydrogen) atoms. The Morgan fingerprint density at radius 1 is 1.12 bits per heavy atom. The molecule has 0 saturated carbocycles. The molecule has 6 nitrogen and oxygen atoms in total. The highest BCUT2D eigenvalue weighted by Gasteiger charge is 2.16. The maximum absolute atomic E-state index is 12.2. The lowest BCUT2D eigenvalue weighted by molar-refractivity contribution is -0.119. The predicted octanol–water partition coefficient (Wildman–Crippen LogP) is 2.64. The van der Waals surface area contributed by atoms with Crippen LogP contribution in [-0.4, -0.2) is 25.9 Å². The van der Waals surface area contributed by atoms with Crippen molar-refractivity contribution < 1.29 is 18.0 Å². The van der Waals surface area contributed by atoms with Crippen LogP contribution in [0.4, 0.5) is 0 Å². The second kappa shape index (κ2) is 8.48. The van der Waals surface area contributed by atoms with Gasteiger partial charge in [-0.1, -0.05) is 23.7 Å². The van der Waals surface area contributed by atoms with Crippen LogP contribution < -0.4 is 10.3 Å². The highest BCUT2D eigenvalue weighted by Crippen LogP contribution is 2.19. The monoisotopic (exact) mass is 398 g/mol. The Kier molecular flexibility index (Phi) is 6.60. The third kappa shape index (κ3) is 5.86. The van der Waals surface area contributed by atoms with Gasteiger partial charge in [0.05, 0.1) is 10.6 Å². The summed E-state index contributed by atoms with van der Waals surface area (Å²) in [4.78, 5) is 25.9. The van der Waals surface area contributed by atoms with Crippen molar-refractivity contribution in [1.29, 1.82) is 0 Å². The summed E-state index contributed by atoms with van der Waals surface area (Å²) in [5.74, 6) is -0.732. The Balaban J connectivity index is 1.92. The van der Waals surface area contributed by atoms with Gasteiger partial charge in [-0.2, -0.15) is 0 Å². The van der Waals surface area contributed by atoms with Gasteiger partial charge >= 0.3 is 0 Å². The van der Waals surface area contributed by atoms with Crippen LogP contribution in [-0.2, 0) is 14.8 Å². The van der Waals surface area contributed by atoms with Crippen LogP contribution in [0, 0.1) is 0 Å². The Morgan fingerprint density at radius 3 is 2.44 bits per heavy atom. The first kappa shape index (κ1) is 19.5. The average molecular weight is 399 g/mol. The van der Waals surface area contributed by atoms with E-state index in [4.69, 9.17) is 11.6 Å². The number of hydrogen-bond acceptors (Lipinski definition) is 5. The van der Waals surface area contributed by atoms with Gasteiger partial charge in [0.15, 0.2) is 5.78 Å². The molecule has 0 heterocycles. The van der Waals surface area contributed by atoms with Crippen molar-refractivity contribution in [2.24, 2.45) is 0 Å². The first-order valence-electron chi connectivity index (χ1n) is 7.08. The van der Waals surface area contributed by atoms with Crippen LogP contribution in [0.15, 0.2) is 58.3 Å². The highest BCUT2D eigenvalue weighted by atomic mass is 35.5. The number of hydrazine groups is 1. The average Bonchev–Trinajstić information content (AvgIpc) is 2.59. The van der Waals surface area contributed by atoms with Crippen molar-refractivity contribution in [2.45, 2.75) is 16.7 Å². The van der Waals surface area contributed by atoms with Gasteiger partial charge in [0.25, 0.3) is 10.0 Å². The van der Waals surface area contributed by atoms with Crippen molar-refractivity contribution in [3.8, 4) is 0 Å². The van der Waals surface area contributed by atoms with Gasteiger partial charge in [0, 0.05) is 15.5 Å². The Hall–Kier alpha value is -1.87. The summed E-state index contributed by atoms with van der Waals surface area (Å²) in [6.07, 6.45) is 0. The van der Waals surface area contributed by atoms with Gasteiger partial charge in [-0.3, -0.25) is 15.0 Å². The van der Waals surface area contributed by atoms with Gasteiger partial charge in [-0.05, 0) is 43.3 Å². The molecule has 1 amide bonds. The number of carbonyl (C=O) groups excluding carboxylic acids is 2. The van der Waals surface area contributed by atoms with Gasteiger partial charge < -0.3 is 0 Å². The number of ketones is 1. The zero-order valence-electron chi connectivity index (χ0n) is 13.2. The molecule has 0 atom stereocenters. The molecule has 9 heteroatoms. The van der Waals surface area contributed by atoms with Gasteiger partial charge in [-0.15, -0.1) is 16.6 Å². The van der Waals surface area contributed by atoms with E-state index in [1.54, 1.807) is 24.3 Å². The number of Topliss-reactive ketones (excluding diaryl/α,β-unsaturated/α-hetero) is 1. The van der Waals surface area contributed by atoms with Gasteiger partial charge in [0.1, 0.15) is 0 Å². The summed E-state index contributed by atoms with van der Waals surface area (Å²) in [5, 5.41) is 0.592. The van der Waals surface area contributed by atoms with E-state index >= 15 is 0 Å². The molecule has 0 aliphatic rings. The summed E-state index contributed by atoms with van der Waals surface area (Å²) in [7, 11) is -3.96. The standard InChI is InChI=1S/C16H15ClN2O4S2/c1-11(20)12-3-2-4-15(9-12)25(22,23)19-18-16(21)10-24-14-7-5-13(17)6-8-14/h2-9,19H,10H2,1H3,(H,18,21). The number of benzene rings is 2. The van der Waals surface area contributed by atoms with Crippen LogP contribution in [0.25, 0.3) is 0 Å². The van der Waals surface area contributed by atoms with Crippen molar-refractivity contribution in [1.82, 2.24) is 10.3 Å². The van der Waals surface area contributed by atoms with Crippen LogP contribution in [0.5, 0.6) is 0 Å². The van der Waals surface area contributed by atoms with Crippen molar-refractivity contribution in [2.75, 3.05) is 5.75 Å². The first-order chi connectivity index (χ1) is 11.8. The van der Waals surface area contributed by atoms with E-state index in [1.165, 1.54) is 43.0 Å². The number of rotatable bonds is 7. The lowest BCUT2D eigenvalue weighted by Crippen LogP contribution is -2.42. The minimum Gasteiger partial charge on any atom is -0.295 e. The van der Waals surface area contributed by atoms with Crippen molar-refractivity contribution >= 4 is 45.1 Å². The zero-order valence-corrected chi connectivity index (χ0v) is 15.5. The fourth-order valence-electron chi connectivity index (χ4n) is 1.78. The fourth-order valence-corrected chi connectivity index (χ4v) is 3.51. The number of hydrogen-bond donors (Lipinski definition) is 2. The third-order valence-corrected chi connectivity index (χ3v) is 5.57. The molecule has 0 bridgehead atoms. The minimum absolute atomic E-state index is 0.0254. The quantitative estimate of drug-likeness (QED) is 0.425. The summed E-state index contributed by atoms with van der Waals surface area (Å²) in [5.41, 5.74) is 2.41. The van der Waals surface area contributed by atoms with Crippen LogP contribution in [0.1, 0.15) is 17.3 Å². The second-order valence-corrected chi connectivity index (χ2v) is 8.15. The first-order valence-corrected chi connectivity index (χ1v) is 9.92. The molecular formula is C16H15ClN2O4S2. The molecule has 0 fully saturated rings. The van der Waals surface area contributed by atoms with E-state index < -0.39 is 15.9 Å². The molecule has 0 aliphatic carbocycles. The number of sulfonamides is 1. The van der Waals surface area contributed by atoms with E-state index in [0.29, 0.717) is 5.02 Å². The minimum atomic E-state index is -3.96. The Bertz CT molecular complexity index is 883. The second-order valence-electron chi connectivity index (χ2n) is 4.98. The maximum Gasteiger partial charge on any atom is 0.257 e. The molecular weight excluding hydrogens is 384 g/mol. The molecule has 132 valence electrons. The molecule has 0 aromatic heterocycles. The molecule has 0 spiro atoms. The fraction of sp³-hybridized carbons (Fsp3) is 0.125.